The van der Waals surface area contributed by atoms with Crippen molar-refractivity contribution < 1.29 is 23.5 Å². The zero-order chi connectivity index (χ0) is 23.5. The molecule has 3 aromatic rings. The zero-order valence-corrected chi connectivity index (χ0v) is 18.9. The number of amides is 1. The van der Waals surface area contributed by atoms with Gasteiger partial charge in [-0.05, 0) is 68.8 Å². The van der Waals surface area contributed by atoms with Crippen LogP contribution in [0.5, 0.6) is 0 Å². The number of carbonyl (C=O) groups excluding carboxylic acids is 1. The maximum absolute atomic E-state index is 13.3. The number of hydrogen-bond acceptors (Lipinski definition) is 3. The van der Waals surface area contributed by atoms with Crippen LogP contribution in [-0.4, -0.2) is 25.5 Å². The van der Waals surface area contributed by atoms with Crippen LogP contribution in [0.3, 0.4) is 0 Å². The van der Waals surface area contributed by atoms with Crippen molar-refractivity contribution in [3.8, 4) is 11.3 Å². The fourth-order valence-electron chi connectivity index (χ4n) is 3.16. The molecule has 0 bridgehead atoms. The van der Waals surface area contributed by atoms with E-state index in [0.717, 1.165) is 11.3 Å². The molecule has 7 nitrogen and oxygen atoms in total. The van der Waals surface area contributed by atoms with Crippen molar-refractivity contribution in [2.45, 2.75) is 32.5 Å². The second kappa shape index (κ2) is 9.20. The summed E-state index contributed by atoms with van der Waals surface area (Å²) in [7, 11) is -4.34. The molecule has 0 aliphatic carbocycles. The number of aromatic nitrogens is 2. The predicted octanol–water partition coefficient (Wildman–Crippen LogP) is 4.77. The van der Waals surface area contributed by atoms with Crippen molar-refractivity contribution in [1.29, 1.82) is 0 Å². The molecule has 32 heavy (non-hydrogen) atoms. The third-order valence-electron chi connectivity index (χ3n) is 5.29. The van der Waals surface area contributed by atoms with Crippen LogP contribution in [0.25, 0.3) is 17.3 Å². The Balaban J connectivity index is 1.76. The summed E-state index contributed by atoms with van der Waals surface area (Å²) in [4.78, 5) is 31.5. The number of carbonyl (C=O) groups is 1. The van der Waals surface area contributed by atoms with Gasteiger partial charge in [0.25, 0.3) is 0 Å². The number of aryl methyl sites for hydroxylation is 1. The van der Waals surface area contributed by atoms with Crippen molar-refractivity contribution in [3.05, 3.63) is 77.7 Å². The van der Waals surface area contributed by atoms with E-state index in [9.17, 15) is 23.5 Å². The van der Waals surface area contributed by atoms with Crippen LogP contribution in [0.1, 0.15) is 31.9 Å². The van der Waals surface area contributed by atoms with Gasteiger partial charge in [-0.1, -0.05) is 12.1 Å². The van der Waals surface area contributed by atoms with Gasteiger partial charge in [0.15, 0.2) is 0 Å². The molecule has 0 unspecified atom stereocenters. The second-order valence-electron chi connectivity index (χ2n) is 7.77. The predicted molar refractivity (Wildman–Crippen MR) is 122 cm³/mol. The van der Waals surface area contributed by atoms with E-state index in [1.165, 1.54) is 32.1 Å². The van der Waals surface area contributed by atoms with Gasteiger partial charge in [-0.3, -0.25) is 14.0 Å². The summed E-state index contributed by atoms with van der Waals surface area (Å²) in [6.45, 7) is 5.50. The minimum Gasteiger partial charge on any atom is -0.324 e. The number of hydrogen-bond donors (Lipinski definition) is 3. The molecule has 2 aromatic carbocycles. The molecular weight excluding hydrogens is 432 g/mol. The maximum atomic E-state index is 13.3. The lowest BCUT2D eigenvalue weighted by Gasteiger charge is -2.26. The minimum absolute atomic E-state index is 0.331. The van der Waals surface area contributed by atoms with Crippen molar-refractivity contribution in [2.24, 2.45) is 0 Å². The summed E-state index contributed by atoms with van der Waals surface area (Å²) in [6.07, 6.45) is 4.65. The van der Waals surface area contributed by atoms with Gasteiger partial charge in [-0.2, -0.15) is 5.10 Å². The van der Waals surface area contributed by atoms with Gasteiger partial charge < -0.3 is 15.1 Å². The van der Waals surface area contributed by atoms with E-state index in [-0.39, 0.29) is 11.7 Å². The van der Waals surface area contributed by atoms with Gasteiger partial charge in [-0.15, -0.1) is 0 Å². The molecule has 0 atom stereocenters. The summed E-state index contributed by atoms with van der Waals surface area (Å²) in [6, 6.07) is 12.4. The van der Waals surface area contributed by atoms with Gasteiger partial charge in [0.2, 0.25) is 5.91 Å². The molecule has 0 fully saturated rings. The SMILES string of the molecule is CCn1ncc(/C=C/C(=O)Nc2ccc(C(C)(C)P(=O)(O)O)cc2)c1-c1ccc(F)cc1. The Morgan fingerprint density at radius 1 is 1.16 bits per heavy atom. The molecule has 0 aliphatic heterocycles. The molecule has 9 heteroatoms. The average molecular weight is 457 g/mol. The van der Waals surface area contributed by atoms with E-state index >= 15 is 0 Å². The summed E-state index contributed by atoms with van der Waals surface area (Å²) < 4.78 is 26.8. The second-order valence-corrected chi connectivity index (χ2v) is 9.98. The van der Waals surface area contributed by atoms with E-state index in [2.05, 4.69) is 10.4 Å². The van der Waals surface area contributed by atoms with Gasteiger partial charge in [-0.25, -0.2) is 4.39 Å². The number of nitrogens with zero attached hydrogens (tertiary/aromatic N) is 2. The fourth-order valence-corrected chi connectivity index (χ4v) is 3.65. The first-order chi connectivity index (χ1) is 15.0. The number of halogens is 1. The Bertz CT molecular complexity index is 1180. The molecule has 0 saturated heterocycles. The van der Waals surface area contributed by atoms with Gasteiger partial charge in [0.1, 0.15) is 5.82 Å². The Hall–Kier alpha value is -3.06. The molecule has 0 aliphatic rings. The van der Waals surface area contributed by atoms with E-state index in [1.54, 1.807) is 53.4 Å². The molecule has 0 radical (unpaired) electrons. The van der Waals surface area contributed by atoms with Crippen molar-refractivity contribution >= 4 is 25.3 Å². The van der Waals surface area contributed by atoms with Crippen LogP contribution < -0.4 is 5.32 Å². The van der Waals surface area contributed by atoms with Crippen LogP contribution in [0.15, 0.2) is 60.8 Å². The van der Waals surface area contributed by atoms with Gasteiger partial charge in [0.05, 0.1) is 17.0 Å². The average Bonchev–Trinajstić information content (AvgIpc) is 3.15. The molecule has 3 N–H and O–H groups in total. The first-order valence-corrected chi connectivity index (χ1v) is 11.6. The Kier molecular flexibility index (Phi) is 6.79. The van der Waals surface area contributed by atoms with Crippen LogP contribution in [0, 0.1) is 5.82 Å². The molecule has 1 amide bonds. The molecule has 0 saturated carbocycles. The molecule has 1 heterocycles. The summed E-state index contributed by atoms with van der Waals surface area (Å²) >= 11 is 0. The lowest BCUT2D eigenvalue weighted by Crippen LogP contribution is -2.17. The zero-order valence-electron chi connectivity index (χ0n) is 18.0. The summed E-state index contributed by atoms with van der Waals surface area (Å²) in [5, 5.41) is 5.72. The molecule has 168 valence electrons. The van der Waals surface area contributed by atoms with Crippen LogP contribution in [0.4, 0.5) is 10.1 Å². The van der Waals surface area contributed by atoms with Gasteiger partial charge >= 0.3 is 7.60 Å². The highest BCUT2D eigenvalue weighted by Gasteiger charge is 2.39. The van der Waals surface area contributed by atoms with E-state index < -0.39 is 12.8 Å². The van der Waals surface area contributed by atoms with E-state index in [4.69, 9.17) is 0 Å². The van der Waals surface area contributed by atoms with Crippen molar-refractivity contribution in [2.75, 3.05) is 5.32 Å². The highest BCUT2D eigenvalue weighted by atomic mass is 31.2. The highest BCUT2D eigenvalue weighted by Crippen LogP contribution is 2.56. The van der Waals surface area contributed by atoms with Crippen LogP contribution >= 0.6 is 7.60 Å². The topological polar surface area (TPSA) is 104 Å². The lowest BCUT2D eigenvalue weighted by atomic mass is 10.0. The maximum Gasteiger partial charge on any atom is 0.335 e. The van der Waals surface area contributed by atoms with Crippen LogP contribution in [0.2, 0.25) is 0 Å². The standard InChI is InChI=1S/C23H25FN3O4P/c1-4-27-22(16-5-10-19(24)11-6-16)17(15-25-27)7-14-21(28)26-20-12-8-18(9-13-20)23(2,3)32(29,30)31/h5-15H,4H2,1-3H3,(H,26,28)(H2,29,30,31)/b14-7+. The lowest BCUT2D eigenvalue weighted by molar-refractivity contribution is -0.111. The molecule has 1 aromatic heterocycles. The normalized spacial score (nSPS) is 12.3. The van der Waals surface area contributed by atoms with Crippen molar-refractivity contribution in [1.82, 2.24) is 9.78 Å². The Morgan fingerprint density at radius 3 is 2.34 bits per heavy atom. The van der Waals surface area contributed by atoms with Crippen molar-refractivity contribution in [3.63, 3.8) is 0 Å². The number of benzene rings is 2. The largest absolute Gasteiger partial charge is 0.335 e. The smallest absolute Gasteiger partial charge is 0.324 e. The Labute approximate surface area is 185 Å². The number of nitrogens with one attached hydrogen (secondary N) is 1. The molecule has 0 spiro atoms. The number of anilines is 1. The highest BCUT2D eigenvalue weighted by molar-refractivity contribution is 7.53. The van der Waals surface area contributed by atoms with E-state index in [0.29, 0.717) is 23.4 Å². The molecule has 3 rings (SSSR count). The summed E-state index contributed by atoms with van der Waals surface area (Å²) in [5.74, 6) is -0.704. The van der Waals surface area contributed by atoms with Crippen LogP contribution in [-0.2, 0) is 21.1 Å². The first-order valence-electron chi connectivity index (χ1n) is 10.00. The first kappa shape index (κ1) is 23.6. The third kappa shape index (κ3) is 5.05. The molecular formula is C23H25FN3O4P. The van der Waals surface area contributed by atoms with E-state index in [1.807, 2.05) is 6.92 Å². The third-order valence-corrected chi connectivity index (χ3v) is 7.00. The monoisotopic (exact) mass is 457 g/mol. The summed E-state index contributed by atoms with van der Waals surface area (Å²) in [5.41, 5.74) is 3.24. The Morgan fingerprint density at radius 2 is 1.78 bits per heavy atom. The quantitative estimate of drug-likeness (QED) is 0.350. The van der Waals surface area contributed by atoms with Gasteiger partial charge in [0, 0.05) is 29.4 Å². The fraction of sp³-hybridized carbons (Fsp3) is 0.217. The number of rotatable bonds is 7. The minimum atomic E-state index is -4.34.